The summed E-state index contributed by atoms with van der Waals surface area (Å²) in [6.07, 6.45) is 0.583. The van der Waals surface area contributed by atoms with Crippen molar-refractivity contribution >= 4 is 23.4 Å². The van der Waals surface area contributed by atoms with Gasteiger partial charge in [-0.25, -0.2) is 9.18 Å². The number of rotatable bonds is 8. The predicted octanol–water partition coefficient (Wildman–Crippen LogP) is 4.22. The lowest BCUT2D eigenvalue weighted by Crippen LogP contribution is -2.41. The number of halogens is 1. The van der Waals surface area contributed by atoms with E-state index in [1.54, 1.807) is 24.3 Å². The third kappa shape index (κ3) is 4.93. The van der Waals surface area contributed by atoms with Gasteiger partial charge in [-0.3, -0.25) is 4.79 Å². The Morgan fingerprint density at radius 2 is 1.86 bits per heavy atom. The van der Waals surface area contributed by atoms with Gasteiger partial charge in [0, 0.05) is 17.3 Å². The van der Waals surface area contributed by atoms with Crippen molar-refractivity contribution in [3.05, 3.63) is 71.4 Å². The zero-order valence-corrected chi connectivity index (χ0v) is 19.3. The third-order valence-electron chi connectivity index (χ3n) is 5.31. The average Bonchev–Trinajstić information content (AvgIpc) is 3.41. The number of hydrazone groups is 1. The molecule has 1 aliphatic heterocycles. The maximum absolute atomic E-state index is 14.2. The number of anilines is 1. The molecule has 1 aliphatic rings. The Bertz CT molecular complexity index is 1240. The molecule has 2 aromatic carbocycles. The first-order valence-corrected chi connectivity index (χ1v) is 10.7. The van der Waals surface area contributed by atoms with Gasteiger partial charge in [-0.15, -0.1) is 0 Å². The first-order chi connectivity index (χ1) is 16.9. The highest BCUT2D eigenvalue weighted by molar-refractivity contribution is 6.08. The van der Waals surface area contributed by atoms with Gasteiger partial charge in [0.1, 0.15) is 11.8 Å². The summed E-state index contributed by atoms with van der Waals surface area (Å²) in [6, 6.07) is 11.1. The van der Waals surface area contributed by atoms with Crippen molar-refractivity contribution in [2.45, 2.75) is 26.0 Å². The molecule has 2 amide bonds. The second-order valence-electron chi connectivity index (χ2n) is 7.51. The van der Waals surface area contributed by atoms with E-state index in [0.29, 0.717) is 23.4 Å². The number of ether oxygens (including phenoxy) is 3. The molecule has 3 aromatic rings. The quantitative estimate of drug-likeness (QED) is 0.511. The van der Waals surface area contributed by atoms with Gasteiger partial charge in [-0.1, -0.05) is 24.2 Å². The number of nitrogens with zero attached hydrogens (tertiary/aromatic N) is 3. The van der Waals surface area contributed by atoms with Crippen LogP contribution < -0.4 is 14.8 Å². The van der Waals surface area contributed by atoms with Crippen molar-refractivity contribution in [1.29, 1.82) is 0 Å². The molecule has 0 fully saturated rings. The number of benzene rings is 2. The molecule has 0 saturated carbocycles. The smallest absolute Gasteiger partial charge is 0.431 e. The number of methoxy groups -OCH3 is 2. The van der Waals surface area contributed by atoms with Gasteiger partial charge >= 0.3 is 6.09 Å². The largest absolute Gasteiger partial charge is 0.492 e. The van der Waals surface area contributed by atoms with E-state index >= 15 is 0 Å². The first-order valence-electron chi connectivity index (χ1n) is 10.7. The lowest BCUT2D eigenvalue weighted by atomic mass is 10.0. The fraction of sp³-hybridized carbons (Fsp3) is 0.250. The minimum absolute atomic E-state index is 0.0611. The topological polar surface area (TPSA) is 115 Å². The lowest BCUT2D eigenvalue weighted by Gasteiger charge is -2.30. The van der Waals surface area contributed by atoms with E-state index in [0.717, 1.165) is 5.56 Å². The molecule has 0 spiro atoms. The van der Waals surface area contributed by atoms with E-state index in [1.807, 2.05) is 6.92 Å². The van der Waals surface area contributed by atoms with Crippen LogP contribution in [0.2, 0.25) is 0 Å². The van der Waals surface area contributed by atoms with Crippen LogP contribution in [0.15, 0.2) is 58.3 Å². The van der Waals surface area contributed by atoms with E-state index in [2.05, 4.69) is 15.6 Å². The second-order valence-corrected chi connectivity index (χ2v) is 7.51. The first kappa shape index (κ1) is 23.7. The Hall–Kier alpha value is -4.41. The Morgan fingerprint density at radius 3 is 2.49 bits per heavy atom. The monoisotopic (exact) mass is 482 g/mol. The van der Waals surface area contributed by atoms with Gasteiger partial charge in [-0.05, 0) is 36.2 Å². The average molecular weight is 482 g/mol. The SMILES string of the molecule is CCC1OC(=O)N(Cc2ccc(NC(=O)c3ccno3)cc2)N=C1c1ccc(F)c(OC)c1OC. The number of hydrogen-bond acceptors (Lipinski definition) is 8. The molecule has 182 valence electrons. The Labute approximate surface area is 200 Å². The number of carbonyl (C=O) groups is 2. The molecule has 10 nitrogen and oxygen atoms in total. The molecule has 35 heavy (non-hydrogen) atoms. The summed E-state index contributed by atoms with van der Waals surface area (Å²) in [4.78, 5) is 24.7. The van der Waals surface area contributed by atoms with E-state index in [9.17, 15) is 14.0 Å². The van der Waals surface area contributed by atoms with Crippen LogP contribution in [0.3, 0.4) is 0 Å². The fourth-order valence-corrected chi connectivity index (χ4v) is 3.60. The number of carbonyl (C=O) groups excluding carboxylic acids is 2. The zero-order chi connectivity index (χ0) is 24.9. The van der Waals surface area contributed by atoms with Gasteiger partial charge in [-0.2, -0.15) is 10.1 Å². The zero-order valence-electron chi connectivity index (χ0n) is 19.3. The normalized spacial score (nSPS) is 15.3. The molecule has 1 atom stereocenters. The molecule has 4 rings (SSSR count). The van der Waals surface area contributed by atoms with E-state index in [1.165, 1.54) is 43.6 Å². The van der Waals surface area contributed by atoms with Gasteiger partial charge in [0.05, 0.1) is 27.0 Å². The molecule has 1 N–H and O–H groups in total. The van der Waals surface area contributed by atoms with Crippen molar-refractivity contribution < 1.29 is 32.7 Å². The molecule has 2 heterocycles. The van der Waals surface area contributed by atoms with Gasteiger partial charge in [0.2, 0.25) is 5.76 Å². The minimum Gasteiger partial charge on any atom is -0.492 e. The maximum atomic E-state index is 14.2. The number of cyclic esters (lactones) is 1. The number of hydrogen-bond donors (Lipinski definition) is 1. The molecule has 1 unspecified atom stereocenters. The maximum Gasteiger partial charge on any atom is 0.431 e. The molecule has 0 radical (unpaired) electrons. The summed E-state index contributed by atoms with van der Waals surface area (Å²) in [7, 11) is 2.74. The van der Waals surface area contributed by atoms with Crippen LogP contribution in [0.25, 0.3) is 0 Å². The van der Waals surface area contributed by atoms with Gasteiger partial charge in [0.25, 0.3) is 5.91 Å². The summed E-state index contributed by atoms with van der Waals surface area (Å²) in [5.41, 5.74) is 2.15. The summed E-state index contributed by atoms with van der Waals surface area (Å²) >= 11 is 0. The molecule has 0 saturated heterocycles. The molecule has 0 bridgehead atoms. The van der Waals surface area contributed by atoms with Crippen molar-refractivity contribution in [3.8, 4) is 11.5 Å². The van der Waals surface area contributed by atoms with Crippen LogP contribution >= 0.6 is 0 Å². The summed E-state index contributed by atoms with van der Waals surface area (Å²) in [6.45, 7) is 1.96. The molecular formula is C24H23FN4O6. The van der Waals surface area contributed by atoms with E-state index in [4.69, 9.17) is 18.7 Å². The highest BCUT2D eigenvalue weighted by Gasteiger charge is 2.33. The van der Waals surface area contributed by atoms with Crippen molar-refractivity contribution in [2.24, 2.45) is 5.10 Å². The Balaban J connectivity index is 1.58. The number of nitrogens with one attached hydrogen (secondary N) is 1. The van der Waals surface area contributed by atoms with Crippen LogP contribution in [-0.4, -0.2) is 48.2 Å². The van der Waals surface area contributed by atoms with Gasteiger partial charge < -0.3 is 24.1 Å². The van der Waals surface area contributed by atoms with Crippen LogP contribution in [0.4, 0.5) is 14.9 Å². The summed E-state index contributed by atoms with van der Waals surface area (Å²) in [5, 5.41) is 11.9. The molecule has 11 heteroatoms. The predicted molar refractivity (Wildman–Crippen MR) is 123 cm³/mol. The van der Waals surface area contributed by atoms with Gasteiger partial charge in [0.15, 0.2) is 17.3 Å². The Kier molecular flexibility index (Phi) is 6.95. The molecule has 0 aliphatic carbocycles. The van der Waals surface area contributed by atoms with Crippen molar-refractivity contribution in [1.82, 2.24) is 10.2 Å². The van der Waals surface area contributed by atoms with Crippen molar-refractivity contribution in [3.63, 3.8) is 0 Å². The third-order valence-corrected chi connectivity index (χ3v) is 5.31. The highest BCUT2D eigenvalue weighted by Crippen LogP contribution is 2.36. The fourth-order valence-electron chi connectivity index (χ4n) is 3.60. The Morgan fingerprint density at radius 1 is 1.11 bits per heavy atom. The number of aromatic nitrogens is 1. The minimum atomic E-state index is -0.642. The van der Waals surface area contributed by atoms with Crippen molar-refractivity contribution in [2.75, 3.05) is 19.5 Å². The number of amides is 2. The van der Waals surface area contributed by atoms with Crippen LogP contribution in [0, 0.1) is 5.82 Å². The molecular weight excluding hydrogens is 459 g/mol. The summed E-state index contributed by atoms with van der Waals surface area (Å²) < 4.78 is 35.2. The lowest BCUT2D eigenvalue weighted by molar-refractivity contribution is 0.0711. The van der Waals surface area contributed by atoms with Crippen LogP contribution in [-0.2, 0) is 11.3 Å². The summed E-state index contributed by atoms with van der Waals surface area (Å²) in [5.74, 6) is -0.825. The highest BCUT2D eigenvalue weighted by atomic mass is 19.1. The van der Waals surface area contributed by atoms with E-state index < -0.39 is 23.9 Å². The second kappa shape index (κ2) is 10.2. The van der Waals surface area contributed by atoms with Crippen LogP contribution in [0.1, 0.15) is 35.0 Å². The van der Waals surface area contributed by atoms with E-state index in [-0.39, 0.29) is 23.8 Å². The van der Waals surface area contributed by atoms with Crippen LogP contribution in [0.5, 0.6) is 11.5 Å². The standard InChI is InChI=1S/C24H23FN4O6/c1-4-18-20(16-9-10-17(25)22(33-3)21(16)32-2)28-29(24(31)34-18)13-14-5-7-15(8-6-14)27-23(30)19-11-12-26-35-19/h5-12,18H,4,13H2,1-3H3,(H,27,30). The molecule has 1 aromatic heterocycles.